The largest absolute Gasteiger partial charge is 0.496 e. The Balaban J connectivity index is 2.05. The van der Waals surface area contributed by atoms with Gasteiger partial charge in [0.25, 0.3) is 0 Å². The minimum Gasteiger partial charge on any atom is -0.496 e. The maximum atomic E-state index is 8.97. The van der Waals surface area contributed by atoms with Crippen LogP contribution in [0.5, 0.6) is 11.5 Å². The SMILES string of the molecule is COc1ccc(-n2c(SCCCCCO)nnc2-c2cc(Cl)ccc2OC)cc1Cl. The van der Waals surface area contributed by atoms with Gasteiger partial charge in [0.2, 0.25) is 0 Å². The van der Waals surface area contributed by atoms with Crippen molar-refractivity contribution in [2.24, 2.45) is 0 Å². The van der Waals surface area contributed by atoms with Crippen LogP contribution in [-0.4, -0.2) is 46.5 Å². The molecule has 0 aliphatic rings. The molecule has 3 aromatic rings. The lowest BCUT2D eigenvalue weighted by Crippen LogP contribution is -2.02. The second-order valence-corrected chi connectivity index (χ2v) is 8.34. The highest BCUT2D eigenvalue weighted by molar-refractivity contribution is 7.99. The number of hydrogen-bond donors (Lipinski definition) is 1. The number of unbranched alkanes of at least 4 members (excludes halogenated alkanes) is 2. The Hall–Kier alpha value is -1.93. The number of ether oxygens (including phenoxy) is 2. The zero-order valence-corrected chi connectivity index (χ0v) is 19.1. The second-order valence-electron chi connectivity index (χ2n) is 6.44. The first-order valence-corrected chi connectivity index (χ1v) is 11.2. The molecule has 0 fully saturated rings. The predicted octanol–water partition coefficient (Wildman–Crippen LogP) is 5.51. The lowest BCUT2D eigenvalue weighted by molar-refractivity contribution is 0.284. The molecule has 0 saturated heterocycles. The number of benzene rings is 2. The first kappa shape index (κ1) is 22.7. The van der Waals surface area contributed by atoms with Gasteiger partial charge in [-0.1, -0.05) is 41.4 Å². The molecule has 0 aliphatic carbocycles. The van der Waals surface area contributed by atoms with Crippen LogP contribution in [-0.2, 0) is 0 Å². The molecule has 9 heteroatoms. The summed E-state index contributed by atoms with van der Waals surface area (Å²) in [5.74, 6) is 2.70. The molecule has 1 aromatic heterocycles. The third-order valence-electron chi connectivity index (χ3n) is 4.46. The van der Waals surface area contributed by atoms with Gasteiger partial charge < -0.3 is 14.6 Å². The maximum absolute atomic E-state index is 8.97. The van der Waals surface area contributed by atoms with E-state index in [1.165, 1.54) is 0 Å². The summed E-state index contributed by atoms with van der Waals surface area (Å²) in [5.41, 5.74) is 1.54. The van der Waals surface area contributed by atoms with Gasteiger partial charge in [-0.25, -0.2) is 0 Å². The molecule has 1 N–H and O–H groups in total. The van der Waals surface area contributed by atoms with Gasteiger partial charge in [-0.3, -0.25) is 4.57 Å². The zero-order chi connectivity index (χ0) is 21.5. The van der Waals surface area contributed by atoms with Gasteiger partial charge >= 0.3 is 0 Å². The van der Waals surface area contributed by atoms with E-state index in [0.717, 1.165) is 41.4 Å². The molecule has 0 radical (unpaired) electrons. The third-order valence-corrected chi connectivity index (χ3v) is 6.01. The molecule has 0 atom stereocenters. The van der Waals surface area contributed by atoms with E-state index in [1.807, 2.05) is 28.8 Å². The number of rotatable bonds is 10. The van der Waals surface area contributed by atoms with Crippen molar-refractivity contribution < 1.29 is 14.6 Å². The van der Waals surface area contributed by atoms with Gasteiger partial charge in [-0.15, -0.1) is 10.2 Å². The zero-order valence-electron chi connectivity index (χ0n) is 16.8. The highest BCUT2D eigenvalue weighted by Gasteiger charge is 2.20. The van der Waals surface area contributed by atoms with Crippen molar-refractivity contribution in [3.8, 4) is 28.6 Å². The number of halogens is 2. The lowest BCUT2D eigenvalue weighted by Gasteiger charge is -2.14. The van der Waals surface area contributed by atoms with Crippen molar-refractivity contribution in [1.82, 2.24) is 14.8 Å². The monoisotopic (exact) mass is 467 g/mol. The molecule has 0 unspecified atom stereocenters. The number of aliphatic hydroxyl groups is 1. The van der Waals surface area contributed by atoms with Gasteiger partial charge in [-0.05, 0) is 49.2 Å². The molecule has 3 rings (SSSR count). The van der Waals surface area contributed by atoms with E-state index in [4.69, 9.17) is 37.8 Å². The summed E-state index contributed by atoms with van der Waals surface area (Å²) in [6.45, 7) is 0.212. The standard InChI is InChI=1S/C21H23Cl2N3O3S/c1-28-18-8-6-14(22)12-16(18)20-24-25-21(30-11-5-3-4-10-27)26(20)15-7-9-19(29-2)17(23)13-15/h6-9,12-13,27H,3-5,10-11H2,1-2H3. The molecule has 160 valence electrons. The van der Waals surface area contributed by atoms with Crippen LogP contribution in [0.25, 0.3) is 17.1 Å². The van der Waals surface area contributed by atoms with Crippen LogP contribution in [0.3, 0.4) is 0 Å². The highest BCUT2D eigenvalue weighted by atomic mass is 35.5. The lowest BCUT2D eigenvalue weighted by atomic mass is 10.2. The molecular weight excluding hydrogens is 445 g/mol. The molecule has 0 spiro atoms. The van der Waals surface area contributed by atoms with Crippen LogP contribution < -0.4 is 9.47 Å². The van der Waals surface area contributed by atoms with Gasteiger partial charge in [0.15, 0.2) is 11.0 Å². The van der Waals surface area contributed by atoms with Crippen LogP contribution in [0, 0.1) is 0 Å². The number of aromatic nitrogens is 3. The summed E-state index contributed by atoms with van der Waals surface area (Å²) < 4.78 is 12.7. The quantitative estimate of drug-likeness (QED) is 0.313. The van der Waals surface area contributed by atoms with Gasteiger partial charge in [0.05, 0.1) is 30.5 Å². The third kappa shape index (κ3) is 5.21. The maximum Gasteiger partial charge on any atom is 0.196 e. The smallest absolute Gasteiger partial charge is 0.196 e. The van der Waals surface area contributed by atoms with E-state index >= 15 is 0 Å². The van der Waals surface area contributed by atoms with Gasteiger partial charge in [-0.2, -0.15) is 0 Å². The number of nitrogens with zero attached hydrogens (tertiary/aromatic N) is 3. The molecule has 0 saturated carbocycles. The average molecular weight is 468 g/mol. The number of thioether (sulfide) groups is 1. The molecule has 1 heterocycles. The van der Waals surface area contributed by atoms with Crippen LogP contribution in [0.1, 0.15) is 19.3 Å². The molecular formula is C21H23Cl2N3O3S. The predicted molar refractivity (Wildman–Crippen MR) is 122 cm³/mol. The Morgan fingerprint density at radius 2 is 1.73 bits per heavy atom. The van der Waals surface area contributed by atoms with Crippen molar-refractivity contribution in [3.63, 3.8) is 0 Å². The summed E-state index contributed by atoms with van der Waals surface area (Å²) in [4.78, 5) is 0. The fourth-order valence-electron chi connectivity index (χ4n) is 2.97. The minimum atomic E-state index is 0.212. The van der Waals surface area contributed by atoms with E-state index < -0.39 is 0 Å². The van der Waals surface area contributed by atoms with E-state index in [-0.39, 0.29) is 6.61 Å². The summed E-state index contributed by atoms with van der Waals surface area (Å²) in [7, 11) is 3.18. The summed E-state index contributed by atoms with van der Waals surface area (Å²) >= 11 is 14.2. The number of methoxy groups -OCH3 is 2. The fourth-order valence-corrected chi connectivity index (χ4v) is 4.35. The first-order chi connectivity index (χ1) is 14.6. The van der Waals surface area contributed by atoms with Gasteiger partial charge in [0.1, 0.15) is 11.5 Å². The Bertz CT molecular complexity index is 998. The molecule has 30 heavy (non-hydrogen) atoms. The first-order valence-electron chi connectivity index (χ1n) is 9.46. The molecule has 2 aromatic carbocycles. The minimum absolute atomic E-state index is 0.212. The summed E-state index contributed by atoms with van der Waals surface area (Å²) in [6.07, 6.45) is 2.73. The normalized spacial score (nSPS) is 11.0. The van der Waals surface area contributed by atoms with Crippen LogP contribution >= 0.6 is 35.0 Å². The van der Waals surface area contributed by atoms with Crippen molar-refractivity contribution >= 4 is 35.0 Å². The van der Waals surface area contributed by atoms with Crippen molar-refractivity contribution in [3.05, 3.63) is 46.4 Å². The fraction of sp³-hybridized carbons (Fsp3) is 0.333. The van der Waals surface area contributed by atoms with Crippen molar-refractivity contribution in [1.29, 1.82) is 0 Å². The number of aliphatic hydroxyl groups excluding tert-OH is 1. The average Bonchev–Trinajstić information content (AvgIpc) is 3.17. The van der Waals surface area contributed by atoms with Crippen LogP contribution in [0.15, 0.2) is 41.6 Å². The Kier molecular flexibility index (Phi) is 8.27. The van der Waals surface area contributed by atoms with Crippen molar-refractivity contribution in [2.75, 3.05) is 26.6 Å². The molecule has 6 nitrogen and oxygen atoms in total. The van der Waals surface area contributed by atoms with E-state index in [0.29, 0.717) is 27.4 Å². The Morgan fingerprint density at radius 1 is 0.967 bits per heavy atom. The molecule has 0 aliphatic heterocycles. The van der Waals surface area contributed by atoms with Crippen LogP contribution in [0.4, 0.5) is 0 Å². The summed E-state index contributed by atoms with van der Waals surface area (Å²) in [5, 5.41) is 19.6. The van der Waals surface area contributed by atoms with Crippen molar-refractivity contribution in [2.45, 2.75) is 24.4 Å². The Labute approximate surface area is 190 Å². The Morgan fingerprint density at radius 3 is 2.43 bits per heavy atom. The van der Waals surface area contributed by atoms with Crippen LogP contribution in [0.2, 0.25) is 10.0 Å². The van der Waals surface area contributed by atoms with E-state index in [9.17, 15) is 0 Å². The topological polar surface area (TPSA) is 69.4 Å². The molecule has 0 bridgehead atoms. The summed E-state index contributed by atoms with van der Waals surface area (Å²) in [6, 6.07) is 10.9. The number of hydrogen-bond acceptors (Lipinski definition) is 6. The highest BCUT2D eigenvalue weighted by Crippen LogP contribution is 2.36. The van der Waals surface area contributed by atoms with E-state index in [1.54, 1.807) is 38.1 Å². The van der Waals surface area contributed by atoms with E-state index in [2.05, 4.69) is 10.2 Å². The molecule has 0 amide bonds. The van der Waals surface area contributed by atoms with Gasteiger partial charge in [0, 0.05) is 17.4 Å². The second kappa shape index (κ2) is 10.9.